The van der Waals surface area contributed by atoms with Gasteiger partial charge in [-0.1, -0.05) is 211 Å². The van der Waals surface area contributed by atoms with E-state index in [4.69, 9.17) is 14.2 Å². The minimum atomic E-state index is -0.857. The Morgan fingerprint density at radius 1 is 0.299 bits per heavy atom. The number of esters is 3. The molecular formula is C61H92O6. The van der Waals surface area contributed by atoms with Crippen molar-refractivity contribution in [1.29, 1.82) is 0 Å². The molecule has 0 aliphatic heterocycles. The molecule has 0 rings (SSSR count). The molecule has 0 aromatic rings. The third kappa shape index (κ3) is 51.9. The molecule has 0 radical (unpaired) electrons. The van der Waals surface area contributed by atoms with Gasteiger partial charge in [-0.25, -0.2) is 0 Å². The smallest absolute Gasteiger partial charge is 0.306 e. The van der Waals surface area contributed by atoms with Crippen LogP contribution >= 0.6 is 0 Å². The summed E-state index contributed by atoms with van der Waals surface area (Å²) in [6.07, 6.45) is 78.3. The van der Waals surface area contributed by atoms with Crippen LogP contribution in [0.4, 0.5) is 0 Å². The monoisotopic (exact) mass is 921 g/mol. The molecule has 0 aromatic carbocycles. The highest BCUT2D eigenvalue weighted by atomic mass is 16.6. The summed E-state index contributed by atoms with van der Waals surface area (Å²) >= 11 is 0. The number of hydrogen-bond acceptors (Lipinski definition) is 6. The molecule has 6 nitrogen and oxygen atoms in total. The number of ether oxygens (including phenoxy) is 3. The Balaban J connectivity index is 4.51. The van der Waals surface area contributed by atoms with E-state index in [1.54, 1.807) is 0 Å². The van der Waals surface area contributed by atoms with Crippen molar-refractivity contribution < 1.29 is 28.6 Å². The predicted octanol–water partition coefficient (Wildman–Crippen LogP) is 17.4. The van der Waals surface area contributed by atoms with Crippen molar-refractivity contribution in [2.24, 2.45) is 0 Å². The van der Waals surface area contributed by atoms with Crippen LogP contribution in [0.5, 0.6) is 0 Å². The summed E-state index contributed by atoms with van der Waals surface area (Å²) in [7, 11) is 0. The summed E-state index contributed by atoms with van der Waals surface area (Å²) in [5.41, 5.74) is 0. The molecule has 0 heterocycles. The molecule has 6 heteroatoms. The molecule has 0 saturated carbocycles. The van der Waals surface area contributed by atoms with Gasteiger partial charge < -0.3 is 14.2 Å². The van der Waals surface area contributed by atoms with Gasteiger partial charge in [0.2, 0.25) is 0 Å². The van der Waals surface area contributed by atoms with Crippen molar-refractivity contribution in [1.82, 2.24) is 0 Å². The average molecular weight is 921 g/mol. The van der Waals surface area contributed by atoms with Gasteiger partial charge in [0.15, 0.2) is 6.10 Å². The number of carbonyl (C=O) groups excluding carboxylic acids is 3. The van der Waals surface area contributed by atoms with Gasteiger partial charge in [0, 0.05) is 19.3 Å². The van der Waals surface area contributed by atoms with Crippen LogP contribution in [-0.2, 0) is 28.6 Å². The van der Waals surface area contributed by atoms with Crippen LogP contribution in [0, 0.1) is 0 Å². The molecular weight excluding hydrogens is 829 g/mol. The van der Waals surface area contributed by atoms with Gasteiger partial charge in [0.1, 0.15) is 13.2 Å². The maximum absolute atomic E-state index is 12.7. The molecule has 1 atom stereocenters. The van der Waals surface area contributed by atoms with Gasteiger partial charge in [-0.05, 0) is 116 Å². The lowest BCUT2D eigenvalue weighted by atomic mass is 10.1. The summed E-state index contributed by atoms with van der Waals surface area (Å²) in [4.78, 5) is 37.9. The highest BCUT2D eigenvalue weighted by molar-refractivity contribution is 5.71. The largest absolute Gasteiger partial charge is 0.462 e. The van der Waals surface area contributed by atoms with Gasteiger partial charge in [0.25, 0.3) is 0 Å². The maximum Gasteiger partial charge on any atom is 0.306 e. The highest BCUT2D eigenvalue weighted by Gasteiger charge is 2.19. The van der Waals surface area contributed by atoms with Gasteiger partial charge in [-0.2, -0.15) is 0 Å². The van der Waals surface area contributed by atoms with Crippen LogP contribution in [-0.4, -0.2) is 37.2 Å². The van der Waals surface area contributed by atoms with Gasteiger partial charge >= 0.3 is 17.9 Å². The van der Waals surface area contributed by atoms with Crippen LogP contribution in [0.15, 0.2) is 158 Å². The van der Waals surface area contributed by atoms with Crippen molar-refractivity contribution in [3.8, 4) is 0 Å². The first-order valence-electron chi connectivity index (χ1n) is 26.0. The Bertz CT molecular complexity index is 1570. The Kier molecular flexibility index (Phi) is 49.7. The van der Waals surface area contributed by atoms with Gasteiger partial charge in [-0.3, -0.25) is 14.4 Å². The Morgan fingerprint density at radius 3 is 0.925 bits per heavy atom. The van der Waals surface area contributed by atoms with E-state index in [1.807, 2.05) is 24.3 Å². The Morgan fingerprint density at radius 2 is 0.567 bits per heavy atom. The van der Waals surface area contributed by atoms with Crippen LogP contribution in [0.25, 0.3) is 0 Å². The molecule has 0 bridgehead atoms. The lowest BCUT2D eigenvalue weighted by molar-refractivity contribution is -0.166. The third-order valence-electron chi connectivity index (χ3n) is 10.0. The van der Waals surface area contributed by atoms with Crippen LogP contribution in [0.1, 0.15) is 188 Å². The van der Waals surface area contributed by atoms with Crippen LogP contribution < -0.4 is 0 Å². The number of unbranched alkanes of at least 4 members (excludes halogenated alkanes) is 7. The number of carbonyl (C=O) groups is 3. The van der Waals surface area contributed by atoms with Gasteiger partial charge in [0.05, 0.1) is 0 Å². The van der Waals surface area contributed by atoms with Crippen molar-refractivity contribution in [2.75, 3.05) is 13.2 Å². The fourth-order valence-electron chi connectivity index (χ4n) is 6.26. The summed E-state index contributed by atoms with van der Waals surface area (Å²) in [6.45, 7) is 6.12. The number of hydrogen-bond donors (Lipinski definition) is 0. The van der Waals surface area contributed by atoms with E-state index in [9.17, 15) is 14.4 Å². The lowest BCUT2D eigenvalue weighted by Crippen LogP contribution is -2.30. The molecule has 0 N–H and O–H groups in total. The molecule has 1 unspecified atom stereocenters. The first-order valence-corrected chi connectivity index (χ1v) is 26.0. The van der Waals surface area contributed by atoms with E-state index in [-0.39, 0.29) is 38.0 Å². The Labute approximate surface area is 409 Å². The van der Waals surface area contributed by atoms with E-state index in [0.717, 1.165) is 116 Å². The molecule has 0 aliphatic carbocycles. The van der Waals surface area contributed by atoms with E-state index < -0.39 is 12.1 Å². The number of allylic oxidation sites excluding steroid dienone is 26. The van der Waals surface area contributed by atoms with Crippen molar-refractivity contribution in [2.45, 2.75) is 194 Å². The highest BCUT2D eigenvalue weighted by Crippen LogP contribution is 2.12. The third-order valence-corrected chi connectivity index (χ3v) is 10.0. The molecule has 0 saturated heterocycles. The van der Waals surface area contributed by atoms with E-state index in [1.165, 1.54) is 19.3 Å². The van der Waals surface area contributed by atoms with Gasteiger partial charge in [-0.15, -0.1) is 0 Å². The summed E-state index contributed by atoms with van der Waals surface area (Å²) in [5.74, 6) is -1.13. The predicted molar refractivity (Wildman–Crippen MR) is 288 cm³/mol. The molecule has 0 spiro atoms. The number of rotatable bonds is 44. The van der Waals surface area contributed by atoms with E-state index in [2.05, 4.69) is 154 Å². The first kappa shape index (κ1) is 62.0. The SMILES string of the molecule is CC/C=C\C/C=C\C/C=C\C/C=C\C/C=C\CCCCCCCCCC(=O)OCC(COC(=O)CC/C=C\C/C=C\C/C=C\C/C=C\CC)OC(=O)CC/C=C\C/C=C\C/C=C\C/C=C\CC. The summed E-state index contributed by atoms with van der Waals surface area (Å²) in [5, 5.41) is 0. The second kappa shape index (κ2) is 53.6. The quantitative estimate of drug-likeness (QED) is 0.0262. The van der Waals surface area contributed by atoms with E-state index >= 15 is 0 Å². The minimum absolute atomic E-state index is 0.142. The molecule has 67 heavy (non-hydrogen) atoms. The fourth-order valence-corrected chi connectivity index (χ4v) is 6.26. The molecule has 0 amide bonds. The fraction of sp³-hybridized carbons (Fsp3) is 0.525. The van der Waals surface area contributed by atoms with Crippen molar-refractivity contribution >= 4 is 17.9 Å². The molecule has 0 fully saturated rings. The zero-order valence-corrected chi connectivity index (χ0v) is 42.3. The maximum atomic E-state index is 12.7. The standard InChI is InChI=1S/C61H92O6/c1-4-7-10-13-16-19-22-25-26-27-28-29-30-31-32-33-34-37-39-42-45-48-51-54-60(63)66-57-58(67-61(64)55-52-49-46-43-40-36-24-21-18-15-12-9-6-3)56-65-59(62)53-50-47-44-41-38-35-23-20-17-14-11-8-5-2/h7-12,16-21,25-26,28-29,31-32,35-36,38,40,44,46-47,49,58H,4-6,13-15,22-24,27,30,33-34,37,39,41-43,45,48,50-57H2,1-3H3/b10-7-,11-8-,12-9-,19-16-,20-17-,21-18-,26-25-,29-28-,32-31-,38-35-,40-36-,47-44-,49-46-. The minimum Gasteiger partial charge on any atom is -0.462 e. The summed E-state index contributed by atoms with van der Waals surface area (Å²) < 4.78 is 16.6. The van der Waals surface area contributed by atoms with Crippen LogP contribution in [0.3, 0.4) is 0 Å². The molecule has 0 aliphatic rings. The normalized spacial score (nSPS) is 13.4. The average Bonchev–Trinajstić information content (AvgIpc) is 3.33. The zero-order chi connectivity index (χ0) is 48.6. The molecule has 0 aromatic heterocycles. The van der Waals surface area contributed by atoms with Crippen molar-refractivity contribution in [3.63, 3.8) is 0 Å². The van der Waals surface area contributed by atoms with Crippen molar-refractivity contribution in [3.05, 3.63) is 158 Å². The second-order valence-electron chi connectivity index (χ2n) is 16.3. The topological polar surface area (TPSA) is 78.9 Å². The zero-order valence-electron chi connectivity index (χ0n) is 42.3. The molecule has 372 valence electrons. The van der Waals surface area contributed by atoms with E-state index in [0.29, 0.717) is 19.3 Å². The second-order valence-corrected chi connectivity index (χ2v) is 16.3. The van der Waals surface area contributed by atoms with Crippen LogP contribution in [0.2, 0.25) is 0 Å². The Hall–Kier alpha value is -4.97. The lowest BCUT2D eigenvalue weighted by Gasteiger charge is -2.18. The summed E-state index contributed by atoms with van der Waals surface area (Å²) in [6, 6.07) is 0. The first-order chi connectivity index (χ1) is 33.0.